The fourth-order valence-electron chi connectivity index (χ4n) is 3.58. The maximum atomic E-state index is 12.7. The quantitative estimate of drug-likeness (QED) is 0.738. The first-order valence-corrected chi connectivity index (χ1v) is 8.23. The molecular formula is C16H26N2O4. The van der Waals surface area contributed by atoms with E-state index < -0.39 is 5.60 Å². The Morgan fingerprint density at radius 2 is 2.00 bits per heavy atom. The van der Waals surface area contributed by atoms with E-state index in [2.05, 4.69) is 0 Å². The molecule has 0 aromatic heterocycles. The van der Waals surface area contributed by atoms with Crippen molar-refractivity contribution in [1.82, 2.24) is 9.80 Å². The predicted octanol–water partition coefficient (Wildman–Crippen LogP) is 1.63. The van der Waals surface area contributed by atoms with E-state index in [1.54, 1.807) is 4.90 Å². The van der Waals surface area contributed by atoms with Crippen LogP contribution >= 0.6 is 0 Å². The van der Waals surface area contributed by atoms with Crippen LogP contribution in [0.15, 0.2) is 0 Å². The summed E-state index contributed by atoms with van der Waals surface area (Å²) in [7, 11) is 0. The number of morpholine rings is 1. The van der Waals surface area contributed by atoms with Crippen LogP contribution in [0.5, 0.6) is 0 Å². The molecule has 3 saturated heterocycles. The van der Waals surface area contributed by atoms with Crippen molar-refractivity contribution in [3.63, 3.8) is 0 Å². The highest BCUT2D eigenvalue weighted by Gasteiger charge is 2.44. The van der Waals surface area contributed by atoms with Gasteiger partial charge in [0.2, 0.25) is 5.91 Å². The highest BCUT2D eigenvalue weighted by atomic mass is 16.6. The second kappa shape index (κ2) is 5.72. The van der Waals surface area contributed by atoms with Crippen molar-refractivity contribution >= 4 is 12.0 Å². The van der Waals surface area contributed by atoms with Gasteiger partial charge in [-0.2, -0.15) is 0 Å². The molecule has 0 spiro atoms. The van der Waals surface area contributed by atoms with Gasteiger partial charge in [-0.25, -0.2) is 4.79 Å². The third-order valence-electron chi connectivity index (χ3n) is 4.61. The van der Waals surface area contributed by atoms with Crippen LogP contribution in [0.3, 0.4) is 0 Å². The highest BCUT2D eigenvalue weighted by Crippen LogP contribution is 2.31. The highest BCUT2D eigenvalue weighted by molar-refractivity contribution is 5.81. The van der Waals surface area contributed by atoms with Crippen molar-refractivity contribution in [2.24, 2.45) is 5.92 Å². The third-order valence-corrected chi connectivity index (χ3v) is 4.61. The number of nitrogens with zero attached hydrogens (tertiary/aromatic N) is 2. The van der Waals surface area contributed by atoms with Crippen LogP contribution in [0.25, 0.3) is 0 Å². The number of amides is 2. The molecule has 6 heteroatoms. The Hall–Kier alpha value is -1.30. The van der Waals surface area contributed by atoms with Gasteiger partial charge in [0.25, 0.3) is 0 Å². The minimum absolute atomic E-state index is 0.0966. The van der Waals surface area contributed by atoms with Crippen LogP contribution in [0.1, 0.15) is 40.0 Å². The van der Waals surface area contributed by atoms with Gasteiger partial charge >= 0.3 is 6.09 Å². The van der Waals surface area contributed by atoms with E-state index in [9.17, 15) is 9.59 Å². The number of fused-ring (bicyclic) bond motifs is 2. The second-order valence-electron chi connectivity index (χ2n) is 7.60. The summed E-state index contributed by atoms with van der Waals surface area (Å²) in [5.74, 6) is 0.0877. The third kappa shape index (κ3) is 3.21. The number of rotatable bonds is 1. The molecule has 3 heterocycles. The number of hydrogen-bond donors (Lipinski definition) is 0. The SMILES string of the molecule is CC(C)(C)OC(=O)N1CCC[C@H](C(=O)N2C[C@H]3C[C@H]2CO3)C1. The average molecular weight is 310 g/mol. The van der Waals surface area contributed by atoms with Crippen LogP contribution in [0.4, 0.5) is 4.79 Å². The molecule has 0 aliphatic carbocycles. The lowest BCUT2D eigenvalue weighted by molar-refractivity contribution is -0.141. The number of carbonyl (C=O) groups excluding carboxylic acids is 2. The van der Waals surface area contributed by atoms with Gasteiger partial charge in [-0.05, 0) is 40.0 Å². The second-order valence-corrected chi connectivity index (χ2v) is 7.60. The molecule has 2 amide bonds. The summed E-state index contributed by atoms with van der Waals surface area (Å²) < 4.78 is 11.0. The van der Waals surface area contributed by atoms with Crippen LogP contribution in [-0.4, -0.2) is 65.8 Å². The van der Waals surface area contributed by atoms with E-state index in [0.29, 0.717) is 26.2 Å². The zero-order valence-corrected chi connectivity index (χ0v) is 13.7. The number of carbonyl (C=O) groups is 2. The fourth-order valence-corrected chi connectivity index (χ4v) is 3.58. The van der Waals surface area contributed by atoms with Gasteiger partial charge in [0.05, 0.1) is 24.7 Å². The molecule has 0 unspecified atom stereocenters. The van der Waals surface area contributed by atoms with Gasteiger partial charge in [-0.15, -0.1) is 0 Å². The summed E-state index contributed by atoms with van der Waals surface area (Å²) in [4.78, 5) is 28.6. The molecular weight excluding hydrogens is 284 g/mol. The van der Waals surface area contributed by atoms with Gasteiger partial charge in [0, 0.05) is 19.6 Å². The summed E-state index contributed by atoms with van der Waals surface area (Å²) >= 11 is 0. The number of likely N-dealkylation sites (tertiary alicyclic amines) is 2. The molecule has 3 atom stereocenters. The molecule has 2 bridgehead atoms. The van der Waals surface area contributed by atoms with Crippen LogP contribution in [0.2, 0.25) is 0 Å². The normalized spacial score (nSPS) is 31.5. The standard InChI is InChI=1S/C16H26N2O4/c1-16(2,3)22-15(20)17-6-4-5-11(8-17)14(19)18-9-13-7-12(18)10-21-13/h11-13H,4-10H2,1-3H3/t11-,12-,13+/m0/s1. The molecule has 0 N–H and O–H groups in total. The zero-order valence-electron chi connectivity index (χ0n) is 13.7. The molecule has 0 radical (unpaired) electrons. The molecule has 3 aliphatic heterocycles. The van der Waals surface area contributed by atoms with E-state index in [4.69, 9.17) is 9.47 Å². The Morgan fingerprint density at radius 3 is 2.59 bits per heavy atom. The Morgan fingerprint density at radius 1 is 1.23 bits per heavy atom. The van der Waals surface area contributed by atoms with Crippen molar-refractivity contribution in [1.29, 1.82) is 0 Å². The first-order chi connectivity index (χ1) is 10.3. The van der Waals surface area contributed by atoms with Crippen molar-refractivity contribution < 1.29 is 19.1 Å². The van der Waals surface area contributed by atoms with Crippen molar-refractivity contribution in [2.75, 3.05) is 26.2 Å². The van der Waals surface area contributed by atoms with Crippen LogP contribution < -0.4 is 0 Å². The van der Waals surface area contributed by atoms with Gasteiger partial charge in [-0.1, -0.05) is 0 Å². The molecule has 124 valence electrons. The van der Waals surface area contributed by atoms with E-state index in [1.807, 2.05) is 25.7 Å². The summed E-state index contributed by atoms with van der Waals surface area (Å²) in [5, 5.41) is 0. The minimum Gasteiger partial charge on any atom is -0.444 e. The van der Waals surface area contributed by atoms with Crippen molar-refractivity contribution in [3.8, 4) is 0 Å². The number of hydrogen-bond acceptors (Lipinski definition) is 4. The Kier molecular flexibility index (Phi) is 4.05. The molecule has 0 saturated carbocycles. The van der Waals surface area contributed by atoms with Crippen LogP contribution in [-0.2, 0) is 14.3 Å². The minimum atomic E-state index is -0.501. The van der Waals surface area contributed by atoms with E-state index in [-0.39, 0.29) is 30.1 Å². The van der Waals surface area contributed by atoms with Gasteiger partial charge < -0.3 is 19.3 Å². The van der Waals surface area contributed by atoms with Gasteiger partial charge in [-0.3, -0.25) is 4.79 Å². The lowest BCUT2D eigenvalue weighted by Gasteiger charge is -2.36. The van der Waals surface area contributed by atoms with Crippen LogP contribution in [0, 0.1) is 5.92 Å². The zero-order chi connectivity index (χ0) is 15.9. The first kappa shape index (κ1) is 15.6. The molecule has 0 aromatic rings. The Bertz CT molecular complexity index is 460. The fraction of sp³-hybridized carbons (Fsp3) is 0.875. The Labute approximate surface area is 131 Å². The lowest BCUT2D eigenvalue weighted by Crippen LogP contribution is -2.50. The van der Waals surface area contributed by atoms with E-state index in [1.165, 1.54) is 0 Å². The maximum absolute atomic E-state index is 12.7. The van der Waals surface area contributed by atoms with E-state index >= 15 is 0 Å². The summed E-state index contributed by atoms with van der Waals surface area (Å²) in [6.45, 7) is 8.11. The van der Waals surface area contributed by atoms with Crippen molar-refractivity contribution in [3.05, 3.63) is 0 Å². The van der Waals surface area contributed by atoms with E-state index in [0.717, 1.165) is 19.3 Å². The molecule has 22 heavy (non-hydrogen) atoms. The molecule has 3 aliphatic rings. The molecule has 3 fully saturated rings. The molecule has 0 aromatic carbocycles. The smallest absolute Gasteiger partial charge is 0.410 e. The maximum Gasteiger partial charge on any atom is 0.410 e. The Balaban J connectivity index is 1.58. The monoisotopic (exact) mass is 310 g/mol. The van der Waals surface area contributed by atoms with Gasteiger partial charge in [0.15, 0.2) is 0 Å². The first-order valence-electron chi connectivity index (χ1n) is 8.23. The summed E-state index contributed by atoms with van der Waals surface area (Å²) in [5.41, 5.74) is -0.501. The largest absolute Gasteiger partial charge is 0.444 e. The van der Waals surface area contributed by atoms with Crippen molar-refractivity contribution in [2.45, 2.75) is 57.8 Å². The summed E-state index contributed by atoms with van der Waals surface area (Å²) in [6, 6.07) is 0.245. The predicted molar refractivity (Wildman–Crippen MR) is 80.4 cm³/mol. The molecule has 6 nitrogen and oxygen atoms in total. The van der Waals surface area contributed by atoms with Gasteiger partial charge in [0.1, 0.15) is 5.60 Å². The average Bonchev–Trinajstić information content (AvgIpc) is 3.07. The number of piperidine rings is 1. The number of ether oxygens (including phenoxy) is 2. The topological polar surface area (TPSA) is 59.1 Å². The molecule has 3 rings (SSSR count). The lowest BCUT2D eigenvalue weighted by atomic mass is 9.96. The summed E-state index contributed by atoms with van der Waals surface area (Å²) in [6.07, 6.45) is 2.59.